The first-order valence-electron chi connectivity index (χ1n) is 31.4. The van der Waals surface area contributed by atoms with E-state index < -0.39 is 161 Å². The van der Waals surface area contributed by atoms with Crippen LogP contribution in [0.3, 0.4) is 0 Å². The highest BCUT2D eigenvalue weighted by molar-refractivity contribution is 7.87. The first-order valence-corrected chi connectivity index (χ1v) is 37.2. The first kappa shape index (κ1) is 73.5. The molecule has 0 aliphatic carbocycles. The number of carbonyl (C=O) groups excluding carboxylic acids is 6. The molecule has 14 N–H and O–H groups in total. The van der Waals surface area contributed by atoms with E-state index >= 15 is 0 Å². The summed E-state index contributed by atoms with van der Waals surface area (Å²) in [6, 6.07) is 3.79. The third kappa shape index (κ3) is 15.4. The monoisotopic (exact) mass is 1440 g/mol. The van der Waals surface area contributed by atoms with Gasteiger partial charge in [-0.1, -0.05) is 38.1 Å². The summed E-state index contributed by atoms with van der Waals surface area (Å²) >= 11 is 0. The SMILES string of the molecule is CCN1C(=CC=CC=CC2=[N+](CCCCCC(=O)NCC3CC4CC[C@H]5C(=O)N[C@@H](CCCN=C(N)N)C(=O)NCC(=O)N[C@@H](CC(=O)O)C(=O)N[C@H]3C(=O)N45)c3ccc4c(S(=O)(=O)O)cc(S(=O)(=O)O)cc4c3C2(C)C)C(C)(C)c2c1ccc1c(S(=O)(=O)O)cc(S(=O)(=O)O)cc21. The molecule has 6 amide bonds. The molecule has 35 heteroatoms. The summed E-state index contributed by atoms with van der Waals surface area (Å²) in [5.74, 6) is -7.01. The van der Waals surface area contributed by atoms with Crippen LogP contribution in [0.5, 0.6) is 0 Å². The maximum Gasteiger partial charge on any atom is 0.305 e. The molecule has 4 aromatic carbocycles. The van der Waals surface area contributed by atoms with E-state index in [9.17, 15) is 90.6 Å². The summed E-state index contributed by atoms with van der Waals surface area (Å²) in [5, 5.41) is 22.9. The minimum Gasteiger partial charge on any atom is -0.481 e. The number of rotatable bonds is 22. The molecular weight excluding hydrogens is 1360 g/mol. The van der Waals surface area contributed by atoms with Gasteiger partial charge < -0.3 is 53.0 Å². The Bertz CT molecular complexity index is 4640. The topological polar surface area (TPSA) is 491 Å². The van der Waals surface area contributed by atoms with E-state index in [0.717, 1.165) is 12.1 Å². The van der Waals surface area contributed by atoms with Crippen LogP contribution >= 0.6 is 0 Å². The number of hydrogen-bond acceptors (Lipinski definition) is 17. The number of guanidine groups is 1. The van der Waals surface area contributed by atoms with Crippen LogP contribution in [-0.2, 0) is 84.9 Å². The Labute approximate surface area is 565 Å². The molecule has 9 rings (SSSR count). The zero-order valence-corrected chi connectivity index (χ0v) is 57.3. The summed E-state index contributed by atoms with van der Waals surface area (Å²) in [6.45, 7) is 9.10. The lowest BCUT2D eigenvalue weighted by Gasteiger charge is -2.42. The second-order valence-electron chi connectivity index (χ2n) is 25.7. The maximum absolute atomic E-state index is 14.6. The number of fused-ring (bicyclic) bond motifs is 7. The van der Waals surface area contributed by atoms with E-state index in [4.69, 9.17) is 11.5 Å². The second kappa shape index (κ2) is 28.3. The van der Waals surface area contributed by atoms with Crippen molar-refractivity contribution in [1.29, 1.82) is 0 Å². The number of aliphatic imine (C=N–C) groups is 1. The number of piperidine rings is 1. The molecule has 0 radical (unpaired) electrons. The van der Waals surface area contributed by atoms with Gasteiger partial charge in [0.15, 0.2) is 11.7 Å². The van der Waals surface area contributed by atoms with E-state index in [2.05, 4.69) is 31.6 Å². The summed E-state index contributed by atoms with van der Waals surface area (Å²) in [6.07, 6.45) is 9.96. The van der Waals surface area contributed by atoms with Gasteiger partial charge in [0.25, 0.3) is 40.5 Å². The van der Waals surface area contributed by atoms with Crippen molar-refractivity contribution in [1.82, 2.24) is 31.5 Å². The molecule has 98 heavy (non-hydrogen) atoms. The fourth-order valence-corrected chi connectivity index (χ4v) is 16.8. The van der Waals surface area contributed by atoms with Gasteiger partial charge in [0.2, 0.25) is 41.1 Å². The molecule has 4 aromatic rings. The lowest BCUT2D eigenvalue weighted by atomic mass is 9.79. The molecule has 5 heterocycles. The molecule has 5 aliphatic rings. The van der Waals surface area contributed by atoms with Gasteiger partial charge in [0.1, 0.15) is 40.5 Å². The lowest BCUT2D eigenvalue weighted by molar-refractivity contribution is -0.438. The highest BCUT2D eigenvalue weighted by Gasteiger charge is 2.52. The van der Waals surface area contributed by atoms with Crippen LogP contribution in [0, 0.1) is 5.92 Å². The van der Waals surface area contributed by atoms with Crippen molar-refractivity contribution >= 4 is 126 Å². The van der Waals surface area contributed by atoms with E-state index in [1.54, 1.807) is 36.4 Å². The zero-order chi connectivity index (χ0) is 71.9. The van der Waals surface area contributed by atoms with Crippen LogP contribution in [0.4, 0.5) is 11.4 Å². The Morgan fingerprint density at radius 1 is 0.714 bits per heavy atom. The van der Waals surface area contributed by atoms with E-state index in [0.29, 0.717) is 78.3 Å². The number of hydrogen-bond donors (Lipinski definition) is 12. The lowest BCUT2D eigenvalue weighted by Crippen LogP contribution is -2.65. The summed E-state index contributed by atoms with van der Waals surface area (Å²) < 4.78 is 144. The number of amides is 6. The van der Waals surface area contributed by atoms with Crippen molar-refractivity contribution in [2.24, 2.45) is 22.4 Å². The van der Waals surface area contributed by atoms with Crippen molar-refractivity contribution in [2.75, 3.05) is 37.6 Å². The molecule has 2 bridgehead atoms. The third-order valence-electron chi connectivity index (χ3n) is 18.5. The van der Waals surface area contributed by atoms with Gasteiger partial charge in [-0.15, -0.1) is 0 Å². The number of nitrogens with zero attached hydrogens (tertiary/aromatic N) is 4. The van der Waals surface area contributed by atoms with Gasteiger partial charge in [-0.3, -0.25) is 56.8 Å². The van der Waals surface area contributed by atoms with Gasteiger partial charge in [-0.2, -0.15) is 38.2 Å². The normalized spacial score (nSPS) is 22.6. The minimum atomic E-state index is -5.08. The molecule has 528 valence electrons. The summed E-state index contributed by atoms with van der Waals surface area (Å²) in [4.78, 5) is 99.0. The minimum absolute atomic E-state index is 0.0189. The average molecular weight is 1440 g/mol. The molecule has 3 fully saturated rings. The molecule has 0 aromatic heterocycles. The largest absolute Gasteiger partial charge is 0.481 e. The van der Waals surface area contributed by atoms with Crippen molar-refractivity contribution in [3.8, 4) is 0 Å². The fourth-order valence-electron chi connectivity index (χ4n) is 14.2. The molecule has 3 saturated heterocycles. The van der Waals surface area contributed by atoms with Crippen molar-refractivity contribution < 1.29 is 95.1 Å². The summed E-state index contributed by atoms with van der Waals surface area (Å²) in [5.41, 5.74) is 12.3. The zero-order valence-electron chi connectivity index (χ0n) is 54.0. The predicted octanol–water partition coefficient (Wildman–Crippen LogP) is 2.34. The van der Waals surface area contributed by atoms with Gasteiger partial charge >= 0.3 is 5.97 Å². The Kier molecular flexibility index (Phi) is 21.2. The van der Waals surface area contributed by atoms with Crippen molar-refractivity contribution in [2.45, 2.75) is 159 Å². The van der Waals surface area contributed by atoms with Gasteiger partial charge in [0.05, 0.1) is 28.2 Å². The number of unbranched alkanes of at least 4 members (excludes halogenated alkanes) is 2. The number of carboxylic acids is 1. The smallest absolute Gasteiger partial charge is 0.305 e. The number of likely N-dealkylation sites (N-methyl/N-ethyl adjacent to an activating group) is 1. The van der Waals surface area contributed by atoms with Crippen molar-refractivity contribution in [3.63, 3.8) is 0 Å². The van der Waals surface area contributed by atoms with Gasteiger partial charge in [-0.05, 0) is 125 Å². The highest BCUT2D eigenvalue weighted by atomic mass is 32.2. The number of anilines is 1. The van der Waals surface area contributed by atoms with Crippen LogP contribution in [0.1, 0.15) is 110 Å². The van der Waals surface area contributed by atoms with Crippen LogP contribution in [0.15, 0.2) is 109 Å². The molecule has 0 saturated carbocycles. The number of benzene rings is 4. The van der Waals surface area contributed by atoms with E-state index in [1.807, 2.05) is 50.2 Å². The third-order valence-corrected chi connectivity index (χ3v) is 22.0. The number of carboxylic acid groups (broad SMARTS) is 1. The number of nitrogens with two attached hydrogens (primary N) is 2. The molecular formula is C63H78N11O20S4+. The Morgan fingerprint density at radius 3 is 1.95 bits per heavy atom. The Hall–Kier alpha value is -8.71. The Morgan fingerprint density at radius 2 is 1.35 bits per heavy atom. The van der Waals surface area contributed by atoms with Crippen LogP contribution in [-0.4, -0.2) is 182 Å². The number of allylic oxidation sites excluding steroid dienone is 6. The van der Waals surface area contributed by atoms with Crippen LogP contribution < -0.4 is 43.0 Å². The van der Waals surface area contributed by atoms with E-state index in [-0.39, 0.29) is 79.2 Å². The predicted molar refractivity (Wildman–Crippen MR) is 357 cm³/mol. The molecule has 31 nitrogen and oxygen atoms in total. The quantitative estimate of drug-likeness (QED) is 0.0134. The van der Waals surface area contributed by atoms with Crippen LogP contribution in [0.25, 0.3) is 21.5 Å². The van der Waals surface area contributed by atoms with Gasteiger partial charge in [-0.25, -0.2) is 0 Å². The molecule has 2 unspecified atom stereocenters. The van der Waals surface area contributed by atoms with Crippen LogP contribution in [0.2, 0.25) is 0 Å². The fraction of sp³-hybridized carbons (Fsp3) is 0.444. The summed E-state index contributed by atoms with van der Waals surface area (Å²) in [7, 11) is -20.1. The highest BCUT2D eigenvalue weighted by Crippen LogP contribution is 2.52. The molecule has 6 atom stereocenters. The second-order valence-corrected chi connectivity index (χ2v) is 31.3. The van der Waals surface area contributed by atoms with Crippen molar-refractivity contribution in [3.05, 3.63) is 95.7 Å². The average Bonchev–Trinajstić information content (AvgIpc) is 1.66. The maximum atomic E-state index is 14.6. The molecule has 0 spiro atoms. The van der Waals surface area contributed by atoms with Gasteiger partial charge in [0, 0.05) is 89.7 Å². The number of carbonyl (C=O) groups is 7. The van der Waals surface area contributed by atoms with E-state index in [1.165, 1.54) is 17.0 Å². The number of nitrogens with one attached hydrogen (secondary N) is 5. The number of aliphatic carboxylic acids is 1. The first-order chi connectivity index (χ1) is 45.7. The Balaban J connectivity index is 0.953. The standard InChI is InChI=1S/C63H77N11O20S4/c1-6-72-44-22-19-38-40(27-36(95(83,84)85)29-47(38)97(89,90)91)54(44)62(2,3)49(72)15-9-7-10-16-50-63(4,5)55-41-28-37(96(86,87)88)30-48(98(92,93)94)39(41)20-23-45(55)73(50)25-12-8-11-17-51(75)67-32-34-26-35-18-21-46-59(81)70-42(14-13-24-66-61(64)65)57(79)68-33-52(76)69-43(31-53(77)78)58(80)71-56(34)60(82)74(35)46/h7,9-10,15-16,19-20,22-23,27-30,34-35,42-43,46,56H,6,8,11-14,17-18,21,24-26,31-33H2,1-5H3,(H13-,64,65,66,67,68,69,70,71,75,76,77,78,79,80,81,83,84,85,86,87,88,89,90,91,92,93,94)/p+1/t34?,35?,42-,43-,46-,56+/m0/s1. The molecule has 5 aliphatic heterocycles.